The lowest BCUT2D eigenvalue weighted by Gasteiger charge is -2.18. The molecule has 67 heavy (non-hydrogen) atoms. The summed E-state index contributed by atoms with van der Waals surface area (Å²) in [6, 6.07) is 0. The van der Waals surface area contributed by atoms with Crippen LogP contribution in [0.25, 0.3) is 0 Å². The highest BCUT2D eigenvalue weighted by Gasteiger charge is 2.19. The smallest absolute Gasteiger partial charge is 0.306 e. The van der Waals surface area contributed by atoms with Crippen LogP contribution in [-0.4, -0.2) is 37.2 Å². The molecule has 0 aliphatic rings. The summed E-state index contributed by atoms with van der Waals surface area (Å²) in [6.45, 7) is 6.59. The van der Waals surface area contributed by atoms with Gasteiger partial charge in [0.2, 0.25) is 0 Å². The number of unbranched alkanes of at least 4 members (excludes halogenated alkanes) is 33. The van der Waals surface area contributed by atoms with Gasteiger partial charge in [-0.15, -0.1) is 0 Å². The number of rotatable bonds is 52. The van der Waals surface area contributed by atoms with Crippen LogP contribution in [0.4, 0.5) is 0 Å². The van der Waals surface area contributed by atoms with E-state index in [-0.39, 0.29) is 31.1 Å². The maximum Gasteiger partial charge on any atom is 0.306 e. The number of esters is 3. The van der Waals surface area contributed by atoms with Crippen LogP contribution < -0.4 is 0 Å². The molecule has 0 aromatic carbocycles. The van der Waals surface area contributed by atoms with Crippen LogP contribution in [0.3, 0.4) is 0 Å². The van der Waals surface area contributed by atoms with Crippen LogP contribution in [0.15, 0.2) is 60.8 Å². The average Bonchev–Trinajstić information content (AvgIpc) is 3.33. The van der Waals surface area contributed by atoms with Crippen LogP contribution in [0.2, 0.25) is 0 Å². The third-order valence-corrected chi connectivity index (χ3v) is 12.5. The van der Waals surface area contributed by atoms with Gasteiger partial charge in [0.25, 0.3) is 0 Å². The number of hydrogen-bond donors (Lipinski definition) is 0. The first-order valence-electron chi connectivity index (χ1n) is 28.8. The average molecular weight is 938 g/mol. The minimum Gasteiger partial charge on any atom is -0.462 e. The molecular weight excluding hydrogens is 829 g/mol. The van der Waals surface area contributed by atoms with Crippen molar-refractivity contribution in [2.45, 2.75) is 297 Å². The monoisotopic (exact) mass is 937 g/mol. The second-order valence-electron chi connectivity index (χ2n) is 19.3. The van der Waals surface area contributed by atoms with Crippen LogP contribution in [0.1, 0.15) is 290 Å². The number of carbonyl (C=O) groups excluding carboxylic acids is 3. The van der Waals surface area contributed by atoms with Gasteiger partial charge in [0, 0.05) is 19.3 Å². The first kappa shape index (κ1) is 64.1. The van der Waals surface area contributed by atoms with Gasteiger partial charge in [-0.2, -0.15) is 0 Å². The van der Waals surface area contributed by atoms with E-state index in [4.69, 9.17) is 14.2 Å². The van der Waals surface area contributed by atoms with E-state index in [0.29, 0.717) is 19.3 Å². The Bertz CT molecular complexity index is 1210. The van der Waals surface area contributed by atoms with Crippen molar-refractivity contribution in [3.05, 3.63) is 60.8 Å². The molecule has 0 aromatic rings. The van der Waals surface area contributed by atoms with Gasteiger partial charge in [-0.1, -0.05) is 236 Å². The molecule has 1 atom stereocenters. The second-order valence-corrected chi connectivity index (χ2v) is 19.3. The van der Waals surface area contributed by atoms with Crippen molar-refractivity contribution in [3.8, 4) is 0 Å². The van der Waals surface area contributed by atoms with Gasteiger partial charge in [-0.25, -0.2) is 0 Å². The fraction of sp³-hybridized carbons (Fsp3) is 0.787. The number of ether oxygens (including phenoxy) is 3. The third kappa shape index (κ3) is 53.9. The zero-order chi connectivity index (χ0) is 48.6. The van der Waals surface area contributed by atoms with Crippen molar-refractivity contribution < 1.29 is 28.6 Å². The van der Waals surface area contributed by atoms with Crippen LogP contribution in [0.5, 0.6) is 0 Å². The Morgan fingerprint density at radius 1 is 0.299 bits per heavy atom. The van der Waals surface area contributed by atoms with E-state index < -0.39 is 6.10 Å². The first-order chi connectivity index (χ1) is 33.0. The Labute approximate surface area is 415 Å². The highest BCUT2D eigenvalue weighted by Crippen LogP contribution is 2.15. The lowest BCUT2D eigenvalue weighted by Crippen LogP contribution is -2.30. The normalized spacial score (nSPS) is 12.5. The Kier molecular flexibility index (Phi) is 53.3. The van der Waals surface area contributed by atoms with E-state index in [1.54, 1.807) is 0 Å². The van der Waals surface area contributed by atoms with Crippen molar-refractivity contribution in [2.75, 3.05) is 13.2 Å². The number of allylic oxidation sites excluding steroid dienone is 10. The second kappa shape index (κ2) is 55.7. The van der Waals surface area contributed by atoms with Gasteiger partial charge >= 0.3 is 17.9 Å². The number of carbonyl (C=O) groups is 3. The molecule has 0 amide bonds. The van der Waals surface area contributed by atoms with E-state index in [1.165, 1.54) is 167 Å². The van der Waals surface area contributed by atoms with Crippen molar-refractivity contribution in [3.63, 3.8) is 0 Å². The highest BCUT2D eigenvalue weighted by molar-refractivity contribution is 5.71. The maximum absolute atomic E-state index is 12.8. The molecule has 0 spiro atoms. The Balaban J connectivity index is 4.41. The van der Waals surface area contributed by atoms with E-state index in [2.05, 4.69) is 81.5 Å². The summed E-state index contributed by atoms with van der Waals surface area (Å²) in [5, 5.41) is 0. The molecule has 388 valence electrons. The molecule has 0 aromatic heterocycles. The lowest BCUT2D eigenvalue weighted by atomic mass is 10.1. The largest absolute Gasteiger partial charge is 0.462 e. The van der Waals surface area contributed by atoms with Crippen molar-refractivity contribution in [1.82, 2.24) is 0 Å². The van der Waals surface area contributed by atoms with Gasteiger partial charge in [-0.05, 0) is 96.3 Å². The summed E-state index contributed by atoms with van der Waals surface area (Å²) in [4.78, 5) is 38.1. The molecule has 0 aliphatic carbocycles. The number of hydrogen-bond acceptors (Lipinski definition) is 6. The molecule has 0 aliphatic heterocycles. The van der Waals surface area contributed by atoms with E-state index in [1.807, 2.05) is 0 Å². The van der Waals surface area contributed by atoms with Crippen molar-refractivity contribution in [1.29, 1.82) is 0 Å². The van der Waals surface area contributed by atoms with Gasteiger partial charge in [-0.3, -0.25) is 14.4 Å². The summed E-state index contributed by atoms with van der Waals surface area (Å²) in [6.07, 6.45) is 69.2. The quantitative estimate of drug-likeness (QED) is 0.0199. The standard InChI is InChI=1S/C61H108O6/c1-4-7-10-13-16-19-22-25-28-30-31-32-34-36-39-42-45-48-51-54-60(63)66-57-58(56-65-59(62)53-50-47-44-41-38-35-27-24-21-18-15-12-9-6-3)67-61(64)55-52-49-46-43-40-37-33-29-26-23-20-17-14-11-8-5-2/h16,19,22,25,29,33,35,37-38,40,58H,4-15,17-18,20-21,23-24,26-28,30-32,34,36,39,41-57H2,1-3H3/b19-16-,25-22-,33-29-,38-35-,40-37-. The first-order valence-corrected chi connectivity index (χ1v) is 28.8. The molecule has 6 heteroatoms. The lowest BCUT2D eigenvalue weighted by molar-refractivity contribution is -0.167. The van der Waals surface area contributed by atoms with Crippen molar-refractivity contribution >= 4 is 17.9 Å². The van der Waals surface area contributed by atoms with Gasteiger partial charge in [0.15, 0.2) is 6.10 Å². The Morgan fingerprint density at radius 2 is 0.537 bits per heavy atom. The molecule has 0 fully saturated rings. The van der Waals surface area contributed by atoms with Crippen LogP contribution >= 0.6 is 0 Å². The fourth-order valence-electron chi connectivity index (χ4n) is 8.13. The van der Waals surface area contributed by atoms with E-state index in [0.717, 1.165) is 83.5 Å². The summed E-state index contributed by atoms with van der Waals surface area (Å²) in [7, 11) is 0. The summed E-state index contributed by atoms with van der Waals surface area (Å²) in [5.74, 6) is -0.927. The van der Waals surface area contributed by atoms with Gasteiger partial charge < -0.3 is 14.2 Å². The predicted molar refractivity (Wildman–Crippen MR) is 288 cm³/mol. The summed E-state index contributed by atoms with van der Waals surface area (Å²) < 4.78 is 16.8. The molecular formula is C61H108O6. The molecule has 6 nitrogen and oxygen atoms in total. The minimum absolute atomic E-state index is 0.0905. The van der Waals surface area contributed by atoms with Crippen LogP contribution in [0, 0.1) is 0 Å². The SMILES string of the molecule is CCCCC/C=C\C=C/CCCCCCCCCCCCC(=O)OCC(COC(=O)CCCCC/C=C\CCCCCCCCC)OC(=O)CCCCC/C=C\C=C/CCCCCCCCC. The minimum atomic E-state index is -0.795. The van der Waals surface area contributed by atoms with Crippen molar-refractivity contribution in [2.24, 2.45) is 0 Å². The van der Waals surface area contributed by atoms with E-state index >= 15 is 0 Å². The molecule has 0 rings (SSSR count). The third-order valence-electron chi connectivity index (χ3n) is 12.5. The molecule has 0 saturated heterocycles. The van der Waals surface area contributed by atoms with Gasteiger partial charge in [0.1, 0.15) is 13.2 Å². The Morgan fingerprint density at radius 3 is 0.881 bits per heavy atom. The van der Waals surface area contributed by atoms with Crippen LogP contribution in [-0.2, 0) is 28.6 Å². The van der Waals surface area contributed by atoms with E-state index in [9.17, 15) is 14.4 Å². The highest BCUT2D eigenvalue weighted by atomic mass is 16.6. The molecule has 0 bridgehead atoms. The molecule has 0 radical (unpaired) electrons. The molecule has 1 unspecified atom stereocenters. The Hall–Kier alpha value is -2.89. The summed E-state index contributed by atoms with van der Waals surface area (Å²) in [5.41, 5.74) is 0. The zero-order valence-corrected chi connectivity index (χ0v) is 44.4. The molecule has 0 N–H and O–H groups in total. The summed E-state index contributed by atoms with van der Waals surface area (Å²) >= 11 is 0. The maximum atomic E-state index is 12.8. The topological polar surface area (TPSA) is 78.9 Å². The predicted octanol–water partition coefficient (Wildman–Crippen LogP) is 19.2. The molecule has 0 saturated carbocycles. The fourth-order valence-corrected chi connectivity index (χ4v) is 8.13. The zero-order valence-electron chi connectivity index (χ0n) is 44.4. The van der Waals surface area contributed by atoms with Gasteiger partial charge in [0.05, 0.1) is 0 Å². The molecule has 0 heterocycles.